The van der Waals surface area contributed by atoms with Crippen molar-refractivity contribution in [3.63, 3.8) is 0 Å². The second-order valence-electron chi connectivity index (χ2n) is 8.00. The van der Waals surface area contributed by atoms with Crippen molar-refractivity contribution in [1.82, 2.24) is 9.97 Å². The third kappa shape index (κ3) is 4.84. The summed E-state index contributed by atoms with van der Waals surface area (Å²) in [7, 11) is 1.55. The molecule has 3 aromatic carbocycles. The van der Waals surface area contributed by atoms with Gasteiger partial charge in [-0.05, 0) is 41.8 Å². The Morgan fingerprint density at radius 2 is 1.82 bits per heavy atom. The molecule has 4 rings (SSSR count). The smallest absolute Gasteiger partial charge is 0.293 e. The number of nitrogens with zero attached hydrogens (tertiary/aromatic N) is 2. The Hall–Kier alpha value is -4.37. The van der Waals surface area contributed by atoms with Gasteiger partial charge in [0.1, 0.15) is 18.1 Å². The van der Waals surface area contributed by atoms with Gasteiger partial charge in [0, 0.05) is 10.9 Å². The average molecular weight is 452 g/mol. The molecule has 1 amide bonds. The molecule has 0 fully saturated rings. The molecule has 170 valence electrons. The number of fused-ring (bicyclic) bond motifs is 1. The van der Waals surface area contributed by atoms with Gasteiger partial charge >= 0.3 is 0 Å². The number of amides is 1. The molecule has 6 nitrogen and oxygen atoms in total. The summed E-state index contributed by atoms with van der Waals surface area (Å²) < 4.78 is 10.9. The van der Waals surface area contributed by atoms with Gasteiger partial charge in [0.15, 0.2) is 0 Å². The number of hydrogen-bond donors (Lipinski definition) is 1. The van der Waals surface area contributed by atoms with Crippen molar-refractivity contribution in [3.05, 3.63) is 78.1 Å². The molecule has 1 aromatic heterocycles. The highest BCUT2D eigenvalue weighted by molar-refractivity contribution is 6.05. The maximum absolute atomic E-state index is 13.1. The third-order valence-corrected chi connectivity index (χ3v) is 5.40. The highest BCUT2D eigenvalue weighted by atomic mass is 16.5. The molecule has 1 heterocycles. The zero-order valence-electron chi connectivity index (χ0n) is 19.3. The van der Waals surface area contributed by atoms with Crippen LogP contribution in [0.15, 0.2) is 66.7 Å². The van der Waals surface area contributed by atoms with Crippen LogP contribution in [0.4, 0.5) is 5.69 Å². The van der Waals surface area contributed by atoms with Crippen molar-refractivity contribution in [1.29, 1.82) is 0 Å². The molecule has 0 aliphatic rings. The standard InChI is InChI=1S/C28H25N3O3/c1-5-16-34-21-14-15-23-22(17-21)26(20-12-10-19(11-13-20)18(2)3)31-27(29-23)28(32)30-24-8-6-7-9-25(24)33-4/h1,6-15,17-18H,16H2,2-4H3,(H,30,32). The summed E-state index contributed by atoms with van der Waals surface area (Å²) in [5, 5.41) is 3.61. The van der Waals surface area contributed by atoms with E-state index in [0.29, 0.717) is 34.3 Å². The molecule has 0 saturated carbocycles. The van der Waals surface area contributed by atoms with E-state index in [1.165, 1.54) is 5.56 Å². The van der Waals surface area contributed by atoms with Gasteiger partial charge in [0.05, 0.1) is 24.0 Å². The van der Waals surface area contributed by atoms with E-state index in [-0.39, 0.29) is 12.4 Å². The van der Waals surface area contributed by atoms with Crippen LogP contribution in [0.1, 0.15) is 35.9 Å². The lowest BCUT2D eigenvalue weighted by Gasteiger charge is -2.13. The normalized spacial score (nSPS) is 10.7. The number of benzene rings is 3. The van der Waals surface area contributed by atoms with Crippen molar-refractivity contribution in [2.45, 2.75) is 19.8 Å². The summed E-state index contributed by atoms with van der Waals surface area (Å²) in [5.74, 6) is 3.66. The van der Waals surface area contributed by atoms with Gasteiger partial charge in [-0.1, -0.05) is 56.2 Å². The highest BCUT2D eigenvalue weighted by Gasteiger charge is 2.18. The van der Waals surface area contributed by atoms with Crippen LogP contribution in [0.3, 0.4) is 0 Å². The van der Waals surface area contributed by atoms with Gasteiger partial charge in [-0.2, -0.15) is 0 Å². The molecule has 1 N–H and O–H groups in total. The number of ether oxygens (including phenoxy) is 2. The molecule has 0 unspecified atom stereocenters. The quantitative estimate of drug-likeness (QED) is 0.365. The number of para-hydroxylation sites is 2. The molecule has 0 spiro atoms. The summed E-state index contributed by atoms with van der Waals surface area (Å²) in [5.41, 5.74) is 3.89. The van der Waals surface area contributed by atoms with Crippen LogP contribution in [-0.2, 0) is 0 Å². The first kappa shape index (κ1) is 22.8. The van der Waals surface area contributed by atoms with E-state index in [0.717, 1.165) is 10.9 Å². The van der Waals surface area contributed by atoms with Gasteiger partial charge in [-0.25, -0.2) is 9.97 Å². The molecule has 0 aliphatic heterocycles. The van der Waals surface area contributed by atoms with Crippen molar-refractivity contribution in [2.75, 3.05) is 19.0 Å². The van der Waals surface area contributed by atoms with Crippen LogP contribution in [-0.4, -0.2) is 29.6 Å². The van der Waals surface area contributed by atoms with Crippen molar-refractivity contribution < 1.29 is 14.3 Å². The number of terminal acetylenes is 1. The molecular weight excluding hydrogens is 426 g/mol. The van der Waals surface area contributed by atoms with Crippen LogP contribution in [0.2, 0.25) is 0 Å². The van der Waals surface area contributed by atoms with Crippen LogP contribution in [0.25, 0.3) is 22.2 Å². The molecule has 0 atom stereocenters. The lowest BCUT2D eigenvalue weighted by Crippen LogP contribution is -2.17. The Kier molecular flexibility index (Phi) is 6.74. The highest BCUT2D eigenvalue weighted by Crippen LogP contribution is 2.31. The fourth-order valence-corrected chi connectivity index (χ4v) is 3.60. The van der Waals surface area contributed by atoms with Gasteiger partial charge in [-0.15, -0.1) is 6.42 Å². The Morgan fingerprint density at radius 1 is 1.06 bits per heavy atom. The number of aromatic nitrogens is 2. The van der Waals surface area contributed by atoms with E-state index in [2.05, 4.69) is 47.2 Å². The first-order valence-electron chi connectivity index (χ1n) is 10.9. The number of nitrogens with one attached hydrogen (secondary N) is 1. The maximum Gasteiger partial charge on any atom is 0.293 e. The molecule has 6 heteroatoms. The summed E-state index contributed by atoms with van der Waals surface area (Å²) in [6, 6.07) is 20.8. The van der Waals surface area contributed by atoms with Gasteiger partial charge < -0.3 is 14.8 Å². The number of carbonyl (C=O) groups excluding carboxylic acids is 1. The van der Waals surface area contributed by atoms with E-state index >= 15 is 0 Å². The van der Waals surface area contributed by atoms with Crippen LogP contribution in [0.5, 0.6) is 11.5 Å². The summed E-state index contributed by atoms with van der Waals surface area (Å²) in [4.78, 5) is 22.3. The van der Waals surface area contributed by atoms with Gasteiger partial charge in [0.2, 0.25) is 5.82 Å². The first-order chi connectivity index (χ1) is 16.5. The van der Waals surface area contributed by atoms with E-state index in [1.54, 1.807) is 31.4 Å². The Morgan fingerprint density at radius 3 is 2.53 bits per heavy atom. The first-order valence-corrected chi connectivity index (χ1v) is 10.9. The Bertz CT molecular complexity index is 1370. The predicted molar refractivity (Wildman–Crippen MR) is 134 cm³/mol. The average Bonchev–Trinajstić information content (AvgIpc) is 2.87. The lowest BCUT2D eigenvalue weighted by molar-refractivity contribution is 0.101. The second kappa shape index (κ2) is 10.1. The molecular formula is C28H25N3O3. The zero-order chi connectivity index (χ0) is 24.1. The number of hydrogen-bond acceptors (Lipinski definition) is 5. The summed E-state index contributed by atoms with van der Waals surface area (Å²) >= 11 is 0. The summed E-state index contributed by atoms with van der Waals surface area (Å²) in [6.45, 7) is 4.44. The monoisotopic (exact) mass is 451 g/mol. The number of methoxy groups -OCH3 is 1. The SMILES string of the molecule is C#CCOc1ccc2nc(C(=O)Nc3ccccc3OC)nc(-c3ccc(C(C)C)cc3)c2c1. The molecule has 0 aliphatic carbocycles. The predicted octanol–water partition coefficient (Wildman–Crippen LogP) is 5.69. The second-order valence-corrected chi connectivity index (χ2v) is 8.00. The molecule has 0 saturated heterocycles. The maximum atomic E-state index is 13.1. The fourth-order valence-electron chi connectivity index (χ4n) is 3.60. The third-order valence-electron chi connectivity index (χ3n) is 5.40. The Balaban J connectivity index is 1.80. The van der Waals surface area contributed by atoms with Crippen molar-refractivity contribution in [3.8, 4) is 35.1 Å². The fraction of sp³-hybridized carbons (Fsp3) is 0.179. The Labute approximate surface area is 199 Å². The van der Waals surface area contributed by atoms with Gasteiger partial charge in [-0.3, -0.25) is 4.79 Å². The topological polar surface area (TPSA) is 73.3 Å². The van der Waals surface area contributed by atoms with E-state index in [9.17, 15) is 4.79 Å². The summed E-state index contributed by atoms with van der Waals surface area (Å²) in [6.07, 6.45) is 5.33. The van der Waals surface area contributed by atoms with Crippen molar-refractivity contribution in [2.24, 2.45) is 0 Å². The molecule has 34 heavy (non-hydrogen) atoms. The van der Waals surface area contributed by atoms with E-state index in [1.807, 2.05) is 30.3 Å². The van der Waals surface area contributed by atoms with Gasteiger partial charge in [0.25, 0.3) is 5.91 Å². The van der Waals surface area contributed by atoms with Crippen LogP contribution < -0.4 is 14.8 Å². The largest absolute Gasteiger partial charge is 0.495 e. The molecule has 4 aromatic rings. The number of rotatable bonds is 7. The minimum Gasteiger partial charge on any atom is -0.495 e. The minimum absolute atomic E-state index is 0.0543. The van der Waals surface area contributed by atoms with Crippen molar-refractivity contribution >= 4 is 22.5 Å². The van der Waals surface area contributed by atoms with Crippen LogP contribution >= 0.6 is 0 Å². The van der Waals surface area contributed by atoms with Crippen LogP contribution in [0, 0.1) is 12.3 Å². The lowest BCUT2D eigenvalue weighted by atomic mass is 9.99. The molecule has 0 radical (unpaired) electrons. The van der Waals surface area contributed by atoms with E-state index in [4.69, 9.17) is 15.9 Å². The number of carbonyl (C=O) groups is 1. The van der Waals surface area contributed by atoms with E-state index < -0.39 is 5.91 Å². The molecule has 0 bridgehead atoms. The zero-order valence-corrected chi connectivity index (χ0v) is 19.3. The number of anilines is 1. The minimum atomic E-state index is -0.431.